The second-order valence-electron chi connectivity index (χ2n) is 8.95. The number of rotatable bonds is 1. The minimum atomic E-state index is 0.235. The minimum Gasteiger partial charge on any atom is -0.382 e. The van der Waals surface area contributed by atoms with Crippen molar-refractivity contribution in [2.24, 2.45) is 17.8 Å². The number of anilines is 2. The molecule has 146 valence electrons. The highest BCUT2D eigenvalue weighted by atomic mass is 35.5. The Morgan fingerprint density at radius 1 is 1.03 bits per heavy atom. The normalized spacial score (nSPS) is 29.9. The summed E-state index contributed by atoms with van der Waals surface area (Å²) in [5.74, 6) is 3.12. The topological polar surface area (TPSA) is 95.4 Å². The third kappa shape index (κ3) is 2.02. The summed E-state index contributed by atoms with van der Waals surface area (Å²) in [6.45, 7) is 0. The fraction of sp³-hybridized carbons (Fsp3) is 0.364. The molecule has 5 N–H and O–H groups in total. The number of hydrogen-bond acceptors (Lipinski definition) is 4. The molecule has 7 heteroatoms. The van der Waals surface area contributed by atoms with Gasteiger partial charge in [-0.1, -0.05) is 17.7 Å². The zero-order valence-corrected chi connectivity index (χ0v) is 16.5. The van der Waals surface area contributed by atoms with Crippen LogP contribution in [-0.2, 0) is 0 Å². The maximum Gasteiger partial charge on any atom is 0.153 e. The van der Waals surface area contributed by atoms with Crippen molar-refractivity contribution in [1.29, 1.82) is 0 Å². The van der Waals surface area contributed by atoms with Gasteiger partial charge in [0.2, 0.25) is 0 Å². The number of aromatic nitrogens is 4. The molecular formula is C22H21ClN6. The predicted octanol–water partition coefficient (Wildman–Crippen LogP) is 4.97. The molecule has 2 aromatic carbocycles. The predicted molar refractivity (Wildman–Crippen MR) is 115 cm³/mol. The number of nitrogen functional groups attached to an aromatic ring is 1. The van der Waals surface area contributed by atoms with E-state index in [1.807, 2.05) is 12.3 Å². The van der Waals surface area contributed by atoms with Gasteiger partial charge in [-0.2, -0.15) is 10.2 Å². The van der Waals surface area contributed by atoms with Gasteiger partial charge in [0, 0.05) is 10.8 Å². The molecule has 5 atom stereocenters. The van der Waals surface area contributed by atoms with Crippen LogP contribution in [0.1, 0.15) is 42.3 Å². The lowest BCUT2D eigenvalue weighted by atomic mass is 9.67. The van der Waals surface area contributed by atoms with Gasteiger partial charge in [0.25, 0.3) is 0 Å². The Morgan fingerprint density at radius 2 is 1.90 bits per heavy atom. The molecule has 0 amide bonds. The molecule has 7 rings (SSSR count). The summed E-state index contributed by atoms with van der Waals surface area (Å²) < 4.78 is 0. The lowest BCUT2D eigenvalue weighted by Crippen LogP contribution is -2.35. The molecule has 2 fully saturated rings. The SMILES string of the molecule is Nc1n[nH]c2cc([C@@H]3Nc4c(Cl)cc5[nH]ncc5c4[C@H]4[C@@H]5CC[C@@H](C5)[C@H]43)ccc12. The summed E-state index contributed by atoms with van der Waals surface area (Å²) in [7, 11) is 0. The van der Waals surface area contributed by atoms with Crippen LogP contribution in [0.15, 0.2) is 30.5 Å². The number of benzene rings is 2. The van der Waals surface area contributed by atoms with E-state index in [0.29, 0.717) is 17.7 Å². The van der Waals surface area contributed by atoms with Crippen LogP contribution in [0.25, 0.3) is 21.8 Å². The molecule has 1 aliphatic heterocycles. The standard InChI is InChI=1S/C22H21ClN6/c23-14-7-16-13(8-25-27-16)19-17-9-1-2-10(5-9)18(17)20(26-21(14)19)11-3-4-12-15(6-11)28-29-22(12)24/h3-4,6-10,17-18,20,26H,1-2,5H2,(H,25,27)(H3,24,28,29)/t9-,10+,17+,18-,20+/m1/s1. The highest BCUT2D eigenvalue weighted by Gasteiger charge is 2.54. The van der Waals surface area contributed by atoms with Crippen molar-refractivity contribution in [1.82, 2.24) is 20.4 Å². The molecule has 2 bridgehead atoms. The van der Waals surface area contributed by atoms with Gasteiger partial charge in [-0.15, -0.1) is 0 Å². The molecule has 0 radical (unpaired) electrons. The Morgan fingerprint density at radius 3 is 2.83 bits per heavy atom. The first-order valence-corrected chi connectivity index (χ1v) is 10.7. The monoisotopic (exact) mass is 404 g/mol. The van der Waals surface area contributed by atoms with Crippen LogP contribution >= 0.6 is 11.6 Å². The average molecular weight is 405 g/mol. The molecule has 2 aromatic heterocycles. The van der Waals surface area contributed by atoms with E-state index >= 15 is 0 Å². The lowest BCUT2D eigenvalue weighted by Gasteiger charge is -2.44. The van der Waals surface area contributed by atoms with Crippen molar-refractivity contribution < 1.29 is 0 Å². The third-order valence-electron chi connectivity index (χ3n) is 7.71. The summed E-state index contributed by atoms with van der Waals surface area (Å²) >= 11 is 6.78. The van der Waals surface area contributed by atoms with Gasteiger partial charge in [0.15, 0.2) is 5.82 Å². The largest absolute Gasteiger partial charge is 0.382 e. The van der Waals surface area contributed by atoms with Crippen molar-refractivity contribution in [3.05, 3.63) is 46.6 Å². The first kappa shape index (κ1) is 16.1. The van der Waals surface area contributed by atoms with Gasteiger partial charge in [-0.25, -0.2) is 0 Å². The summed E-state index contributed by atoms with van der Waals surface area (Å²) in [6, 6.07) is 8.72. The highest BCUT2D eigenvalue weighted by molar-refractivity contribution is 6.34. The summed E-state index contributed by atoms with van der Waals surface area (Å²) in [5, 5.41) is 21.5. The van der Waals surface area contributed by atoms with E-state index in [9.17, 15) is 0 Å². The van der Waals surface area contributed by atoms with Crippen molar-refractivity contribution >= 4 is 44.9 Å². The van der Waals surface area contributed by atoms with E-state index in [2.05, 4.69) is 43.9 Å². The number of fused-ring (bicyclic) bond motifs is 10. The van der Waals surface area contributed by atoms with E-state index < -0.39 is 0 Å². The number of H-pyrrole nitrogens is 2. The van der Waals surface area contributed by atoms with Crippen LogP contribution < -0.4 is 11.1 Å². The van der Waals surface area contributed by atoms with Crippen molar-refractivity contribution in [3.63, 3.8) is 0 Å². The Balaban J connectivity index is 1.45. The summed E-state index contributed by atoms with van der Waals surface area (Å²) in [6.07, 6.45) is 5.93. The summed E-state index contributed by atoms with van der Waals surface area (Å²) in [4.78, 5) is 0. The van der Waals surface area contributed by atoms with Crippen LogP contribution in [0.4, 0.5) is 11.5 Å². The van der Waals surface area contributed by atoms with Gasteiger partial charge < -0.3 is 11.1 Å². The number of aromatic amines is 2. The third-order valence-corrected chi connectivity index (χ3v) is 8.01. The number of nitrogens with one attached hydrogen (secondary N) is 3. The highest BCUT2D eigenvalue weighted by Crippen LogP contribution is 2.65. The van der Waals surface area contributed by atoms with Gasteiger partial charge in [-0.05, 0) is 72.3 Å². The van der Waals surface area contributed by atoms with Crippen molar-refractivity contribution in [3.8, 4) is 0 Å². The summed E-state index contributed by atoms with van der Waals surface area (Å²) in [5.41, 5.74) is 11.7. The molecule has 3 heterocycles. The van der Waals surface area contributed by atoms with E-state index in [1.54, 1.807) is 0 Å². The number of hydrogen-bond donors (Lipinski definition) is 4. The quantitative estimate of drug-likeness (QED) is 0.360. The first-order valence-electron chi connectivity index (χ1n) is 10.3. The second kappa shape index (κ2) is 5.45. The molecule has 4 aromatic rings. The molecule has 0 unspecified atom stereocenters. The zero-order valence-electron chi connectivity index (χ0n) is 15.7. The van der Waals surface area contributed by atoms with Crippen LogP contribution in [0, 0.1) is 17.8 Å². The van der Waals surface area contributed by atoms with Crippen LogP contribution in [0.3, 0.4) is 0 Å². The van der Waals surface area contributed by atoms with E-state index in [1.165, 1.54) is 35.8 Å². The van der Waals surface area contributed by atoms with Gasteiger partial charge >= 0.3 is 0 Å². The number of halogens is 1. The van der Waals surface area contributed by atoms with E-state index in [-0.39, 0.29) is 6.04 Å². The minimum absolute atomic E-state index is 0.235. The molecule has 2 aliphatic carbocycles. The van der Waals surface area contributed by atoms with Crippen LogP contribution in [-0.4, -0.2) is 20.4 Å². The maximum atomic E-state index is 6.78. The molecule has 29 heavy (non-hydrogen) atoms. The maximum absolute atomic E-state index is 6.78. The van der Waals surface area contributed by atoms with Gasteiger partial charge in [0.1, 0.15) is 0 Å². The second-order valence-corrected chi connectivity index (χ2v) is 9.36. The molecule has 6 nitrogen and oxygen atoms in total. The zero-order chi connectivity index (χ0) is 19.3. The molecule has 3 aliphatic rings. The first-order chi connectivity index (χ1) is 14.2. The fourth-order valence-corrected chi connectivity index (χ4v) is 6.89. The Kier molecular flexibility index (Phi) is 3.03. The molecular weight excluding hydrogens is 384 g/mol. The molecule has 2 saturated carbocycles. The average Bonchev–Trinajstić information content (AvgIpc) is 3.51. The number of nitrogens with two attached hydrogens (primary N) is 1. The van der Waals surface area contributed by atoms with Crippen molar-refractivity contribution in [2.75, 3.05) is 11.1 Å². The van der Waals surface area contributed by atoms with E-state index in [4.69, 9.17) is 17.3 Å². The Hall–Kier alpha value is -2.73. The van der Waals surface area contributed by atoms with Crippen LogP contribution in [0.2, 0.25) is 5.02 Å². The Labute approximate surface area is 172 Å². The van der Waals surface area contributed by atoms with Gasteiger partial charge in [0.05, 0.1) is 34.0 Å². The van der Waals surface area contributed by atoms with Crippen LogP contribution in [0.5, 0.6) is 0 Å². The lowest BCUT2D eigenvalue weighted by molar-refractivity contribution is 0.249. The van der Waals surface area contributed by atoms with Crippen molar-refractivity contribution in [2.45, 2.75) is 31.2 Å². The smallest absolute Gasteiger partial charge is 0.153 e. The fourth-order valence-electron chi connectivity index (χ4n) is 6.63. The van der Waals surface area contributed by atoms with E-state index in [0.717, 1.165) is 39.0 Å². The Bertz CT molecular complexity index is 1290. The van der Waals surface area contributed by atoms with Gasteiger partial charge in [-0.3, -0.25) is 10.2 Å². The molecule has 0 spiro atoms. The molecule has 0 saturated heterocycles. The number of nitrogens with zero attached hydrogens (tertiary/aromatic N) is 2.